The Morgan fingerprint density at radius 2 is 1.81 bits per heavy atom. The van der Waals surface area contributed by atoms with Gasteiger partial charge in [0, 0.05) is 18.1 Å². The molecule has 1 aliphatic rings. The second-order valence-corrected chi connectivity index (χ2v) is 9.13. The lowest BCUT2D eigenvalue weighted by Crippen LogP contribution is -2.38. The van der Waals surface area contributed by atoms with Crippen LogP contribution in [0.5, 0.6) is 0 Å². The maximum atomic E-state index is 12.6. The summed E-state index contributed by atoms with van der Waals surface area (Å²) >= 11 is 5.81. The highest BCUT2D eigenvalue weighted by molar-refractivity contribution is 7.90. The van der Waals surface area contributed by atoms with Crippen molar-refractivity contribution in [3.05, 3.63) is 58.9 Å². The SMILES string of the molecule is CC1CCN(C(=O)c2cccc(CS(=O)(=O)c3ccc(Cl)cc3)n2)CC1. The summed E-state index contributed by atoms with van der Waals surface area (Å²) in [6.45, 7) is 3.62. The van der Waals surface area contributed by atoms with E-state index in [1.807, 2.05) is 0 Å². The molecular weight excluding hydrogens is 372 g/mol. The topological polar surface area (TPSA) is 67.3 Å². The van der Waals surface area contributed by atoms with Gasteiger partial charge in [-0.25, -0.2) is 13.4 Å². The second kappa shape index (κ2) is 7.76. The molecule has 1 aliphatic heterocycles. The number of amides is 1. The van der Waals surface area contributed by atoms with Crippen molar-refractivity contribution in [3.8, 4) is 0 Å². The third-order valence-corrected chi connectivity index (χ3v) is 6.53. The molecule has 26 heavy (non-hydrogen) atoms. The summed E-state index contributed by atoms with van der Waals surface area (Å²) in [5, 5.41) is 0.477. The lowest BCUT2D eigenvalue weighted by atomic mass is 9.99. The zero-order valence-electron chi connectivity index (χ0n) is 14.6. The molecule has 2 aromatic rings. The van der Waals surface area contributed by atoms with Crippen molar-refractivity contribution >= 4 is 27.3 Å². The zero-order chi connectivity index (χ0) is 18.7. The Kier molecular flexibility index (Phi) is 5.63. The van der Waals surface area contributed by atoms with Crippen molar-refractivity contribution in [2.45, 2.75) is 30.4 Å². The van der Waals surface area contributed by atoms with Gasteiger partial charge in [0.1, 0.15) is 5.69 Å². The standard InChI is InChI=1S/C19H21ClN2O3S/c1-14-9-11-22(12-10-14)19(23)18-4-2-3-16(21-18)13-26(24,25)17-7-5-15(20)6-8-17/h2-8,14H,9-13H2,1H3. The number of carbonyl (C=O) groups is 1. The molecule has 0 radical (unpaired) electrons. The minimum absolute atomic E-state index is 0.136. The Hall–Kier alpha value is -1.92. The van der Waals surface area contributed by atoms with Gasteiger partial charge in [-0.1, -0.05) is 24.6 Å². The molecule has 0 saturated carbocycles. The van der Waals surface area contributed by atoms with Gasteiger partial charge in [-0.15, -0.1) is 0 Å². The van der Waals surface area contributed by atoms with Crippen molar-refractivity contribution in [3.63, 3.8) is 0 Å². The highest BCUT2D eigenvalue weighted by atomic mass is 35.5. The van der Waals surface area contributed by atoms with Gasteiger partial charge in [-0.3, -0.25) is 4.79 Å². The largest absolute Gasteiger partial charge is 0.337 e. The number of likely N-dealkylation sites (tertiary alicyclic amines) is 1. The normalized spacial score (nSPS) is 15.8. The summed E-state index contributed by atoms with van der Waals surface area (Å²) in [7, 11) is -3.55. The molecule has 0 N–H and O–H groups in total. The minimum atomic E-state index is -3.55. The first-order chi connectivity index (χ1) is 12.3. The van der Waals surface area contributed by atoms with Gasteiger partial charge in [0.25, 0.3) is 5.91 Å². The number of aromatic nitrogens is 1. The highest BCUT2D eigenvalue weighted by Gasteiger charge is 2.23. The molecule has 1 amide bonds. The van der Waals surface area contributed by atoms with Crippen LogP contribution in [0.4, 0.5) is 0 Å². The molecule has 3 rings (SSSR count). The van der Waals surface area contributed by atoms with Crippen molar-refractivity contribution in [1.29, 1.82) is 0 Å². The summed E-state index contributed by atoms with van der Waals surface area (Å²) in [5.74, 6) is 0.234. The minimum Gasteiger partial charge on any atom is -0.337 e. The van der Waals surface area contributed by atoms with Crippen LogP contribution < -0.4 is 0 Å². The molecule has 138 valence electrons. The number of sulfone groups is 1. The number of piperidine rings is 1. The van der Waals surface area contributed by atoms with E-state index in [9.17, 15) is 13.2 Å². The summed E-state index contributed by atoms with van der Waals surface area (Å²) in [6.07, 6.45) is 1.97. The molecule has 1 aromatic carbocycles. The number of benzene rings is 1. The van der Waals surface area contributed by atoms with Gasteiger partial charge in [0.15, 0.2) is 9.84 Å². The van der Waals surface area contributed by atoms with Gasteiger partial charge in [-0.2, -0.15) is 0 Å². The van der Waals surface area contributed by atoms with Gasteiger partial charge in [0.2, 0.25) is 0 Å². The molecule has 0 aliphatic carbocycles. The average molecular weight is 393 g/mol. The summed E-state index contributed by atoms with van der Waals surface area (Å²) in [5.41, 5.74) is 0.652. The van der Waals surface area contributed by atoms with E-state index in [2.05, 4.69) is 11.9 Å². The highest BCUT2D eigenvalue weighted by Crippen LogP contribution is 2.20. The van der Waals surface area contributed by atoms with E-state index in [1.165, 1.54) is 12.1 Å². The number of pyridine rings is 1. The maximum absolute atomic E-state index is 12.6. The van der Waals surface area contributed by atoms with Gasteiger partial charge >= 0.3 is 0 Å². The number of hydrogen-bond donors (Lipinski definition) is 0. The third-order valence-electron chi connectivity index (χ3n) is 4.61. The van der Waals surface area contributed by atoms with Crippen LogP contribution in [0.3, 0.4) is 0 Å². The first kappa shape index (κ1) is 18.9. The van der Waals surface area contributed by atoms with E-state index in [0.29, 0.717) is 22.3 Å². The fraction of sp³-hybridized carbons (Fsp3) is 0.368. The van der Waals surface area contributed by atoms with E-state index >= 15 is 0 Å². The lowest BCUT2D eigenvalue weighted by molar-refractivity contribution is 0.0691. The monoisotopic (exact) mass is 392 g/mol. The van der Waals surface area contributed by atoms with Crippen molar-refractivity contribution in [2.24, 2.45) is 5.92 Å². The third kappa shape index (κ3) is 4.43. The first-order valence-corrected chi connectivity index (χ1v) is 10.6. The first-order valence-electron chi connectivity index (χ1n) is 8.59. The van der Waals surface area contributed by atoms with Gasteiger partial charge < -0.3 is 4.90 Å². The fourth-order valence-corrected chi connectivity index (χ4v) is 4.37. The number of rotatable bonds is 4. The summed E-state index contributed by atoms with van der Waals surface area (Å²) in [6, 6.07) is 11.0. The van der Waals surface area contributed by atoms with E-state index in [1.54, 1.807) is 35.2 Å². The Morgan fingerprint density at radius 1 is 1.15 bits per heavy atom. The molecule has 2 heterocycles. The van der Waals surface area contributed by atoms with Gasteiger partial charge in [0.05, 0.1) is 16.3 Å². The van der Waals surface area contributed by atoms with Crippen LogP contribution in [0.1, 0.15) is 35.9 Å². The Morgan fingerprint density at radius 3 is 2.46 bits per heavy atom. The number of nitrogens with zero attached hydrogens (tertiary/aromatic N) is 2. The molecule has 7 heteroatoms. The molecule has 0 spiro atoms. The molecule has 5 nitrogen and oxygen atoms in total. The quantitative estimate of drug-likeness (QED) is 0.797. The van der Waals surface area contributed by atoms with Gasteiger partial charge in [-0.05, 0) is 55.2 Å². The molecular formula is C19H21ClN2O3S. The van der Waals surface area contributed by atoms with Crippen molar-refractivity contribution in [1.82, 2.24) is 9.88 Å². The number of halogens is 1. The van der Waals surface area contributed by atoms with Crippen molar-refractivity contribution < 1.29 is 13.2 Å². The van der Waals surface area contributed by atoms with Crippen LogP contribution in [0.15, 0.2) is 47.4 Å². The second-order valence-electron chi connectivity index (χ2n) is 6.70. The Labute approximate surface area is 158 Å². The van der Waals surface area contributed by atoms with Crippen LogP contribution in [-0.4, -0.2) is 37.3 Å². The number of hydrogen-bond acceptors (Lipinski definition) is 4. The van der Waals surface area contributed by atoms with E-state index < -0.39 is 9.84 Å². The molecule has 1 saturated heterocycles. The smallest absolute Gasteiger partial charge is 0.272 e. The van der Waals surface area contributed by atoms with Crippen LogP contribution in [0.2, 0.25) is 5.02 Å². The zero-order valence-corrected chi connectivity index (χ0v) is 16.1. The molecule has 1 aromatic heterocycles. The molecule has 0 bridgehead atoms. The van der Waals surface area contributed by atoms with Crippen molar-refractivity contribution in [2.75, 3.05) is 13.1 Å². The van der Waals surface area contributed by atoms with E-state index in [0.717, 1.165) is 25.9 Å². The fourth-order valence-electron chi connectivity index (χ4n) is 2.97. The average Bonchev–Trinajstić information content (AvgIpc) is 2.62. The van der Waals surface area contributed by atoms with Crippen LogP contribution in [0, 0.1) is 5.92 Å². The summed E-state index contributed by atoms with van der Waals surface area (Å²) < 4.78 is 25.1. The van der Waals surface area contributed by atoms with Crippen LogP contribution in [0.25, 0.3) is 0 Å². The van der Waals surface area contributed by atoms with Crippen LogP contribution in [-0.2, 0) is 15.6 Å². The predicted molar refractivity (Wildman–Crippen MR) is 101 cm³/mol. The van der Waals surface area contributed by atoms with E-state index in [-0.39, 0.29) is 16.6 Å². The van der Waals surface area contributed by atoms with E-state index in [4.69, 9.17) is 11.6 Å². The predicted octanol–water partition coefficient (Wildman–Crippen LogP) is 3.58. The molecule has 1 fully saturated rings. The summed E-state index contributed by atoms with van der Waals surface area (Å²) in [4.78, 5) is 18.9. The Balaban J connectivity index is 1.77. The number of carbonyl (C=O) groups excluding carboxylic acids is 1. The Bertz CT molecular complexity index is 889. The molecule has 0 unspecified atom stereocenters. The van der Waals surface area contributed by atoms with Crippen LogP contribution >= 0.6 is 11.6 Å². The lowest BCUT2D eigenvalue weighted by Gasteiger charge is -2.30. The molecule has 0 atom stereocenters. The maximum Gasteiger partial charge on any atom is 0.272 e.